The zero-order valence-corrected chi connectivity index (χ0v) is 16.1. The highest BCUT2D eigenvalue weighted by Gasteiger charge is 2.07. The summed E-state index contributed by atoms with van der Waals surface area (Å²) in [5.41, 5.74) is 25.1. The van der Waals surface area contributed by atoms with Crippen LogP contribution in [-0.4, -0.2) is 29.2 Å². The summed E-state index contributed by atoms with van der Waals surface area (Å²) in [6.07, 6.45) is 0. The Morgan fingerprint density at radius 2 is 1.03 bits per heavy atom. The van der Waals surface area contributed by atoms with Crippen molar-refractivity contribution in [3.8, 4) is 0 Å². The Morgan fingerprint density at radius 3 is 1.45 bits per heavy atom. The van der Waals surface area contributed by atoms with Crippen molar-refractivity contribution in [1.82, 2.24) is 0 Å². The fourth-order valence-corrected chi connectivity index (χ4v) is 2.24. The molecule has 2 aromatic carbocycles. The van der Waals surface area contributed by atoms with Gasteiger partial charge in [-0.2, -0.15) is 10.2 Å². The average Bonchev–Trinajstić information content (AvgIpc) is 2.70. The number of amides is 1. The Kier molecular flexibility index (Phi) is 7.02. The van der Waals surface area contributed by atoms with E-state index in [-0.39, 0.29) is 17.8 Å². The van der Waals surface area contributed by atoms with Crippen molar-refractivity contribution in [3.05, 3.63) is 65.2 Å². The molecule has 0 heterocycles. The number of carbonyl (C=O) groups excluding carboxylic acids is 1. The van der Waals surface area contributed by atoms with Gasteiger partial charge in [0.2, 0.25) is 11.9 Å². The molecule has 0 fully saturated rings. The van der Waals surface area contributed by atoms with E-state index in [4.69, 9.17) is 22.9 Å². The largest absolute Gasteiger partial charge is 0.369 e. The van der Waals surface area contributed by atoms with Crippen LogP contribution >= 0.6 is 0 Å². The Bertz CT molecular complexity index is 979. The second kappa shape index (κ2) is 9.65. The van der Waals surface area contributed by atoms with Crippen LogP contribution in [0, 0.1) is 0 Å². The van der Waals surface area contributed by atoms with Gasteiger partial charge in [-0.15, -0.1) is 10.2 Å². The SMILES string of the molecule is CC(=NN=C(N)N)c1ccc(NC(=O)c2ccc(C(C)=NN=C(N)N)cc2)cc1. The zero-order valence-electron chi connectivity index (χ0n) is 16.1. The molecule has 2 rings (SSSR count). The first-order chi connectivity index (χ1) is 13.8. The Morgan fingerprint density at radius 1 is 0.655 bits per heavy atom. The van der Waals surface area contributed by atoms with E-state index >= 15 is 0 Å². The molecule has 1 amide bonds. The summed E-state index contributed by atoms with van der Waals surface area (Å²) < 4.78 is 0. The number of nitrogens with one attached hydrogen (secondary N) is 1. The standard InChI is InChI=1S/C19H23N9O/c1-11(25-27-18(20)21)13-3-5-15(6-4-13)17(29)24-16-9-7-14(8-10-16)12(2)26-28-19(22)23/h3-10H,1-2H3,(H,24,29)(H4,20,21,27)(H4,22,23,28). The molecular weight excluding hydrogens is 370 g/mol. The first kappa shape index (κ1) is 21.1. The summed E-state index contributed by atoms with van der Waals surface area (Å²) in [6, 6.07) is 14.1. The molecule has 0 bridgehead atoms. The maximum atomic E-state index is 12.4. The lowest BCUT2D eigenvalue weighted by atomic mass is 10.1. The van der Waals surface area contributed by atoms with Crippen LogP contribution in [0.15, 0.2) is 68.9 Å². The second-order valence-electron chi connectivity index (χ2n) is 6.03. The molecule has 10 nitrogen and oxygen atoms in total. The van der Waals surface area contributed by atoms with Gasteiger partial charge >= 0.3 is 0 Å². The number of rotatable bonds is 6. The first-order valence-electron chi connectivity index (χ1n) is 8.55. The molecule has 0 saturated heterocycles. The fraction of sp³-hybridized carbons (Fsp3) is 0.105. The Balaban J connectivity index is 2.07. The van der Waals surface area contributed by atoms with Crippen LogP contribution in [0.1, 0.15) is 35.3 Å². The molecule has 0 aromatic heterocycles. The van der Waals surface area contributed by atoms with Gasteiger partial charge in [0.25, 0.3) is 5.91 Å². The summed E-state index contributed by atoms with van der Waals surface area (Å²) in [6.45, 7) is 3.54. The molecule has 0 unspecified atom stereocenters. The highest BCUT2D eigenvalue weighted by molar-refractivity contribution is 6.06. The van der Waals surface area contributed by atoms with Gasteiger partial charge in [0.1, 0.15) is 0 Å². The monoisotopic (exact) mass is 393 g/mol. The minimum Gasteiger partial charge on any atom is -0.369 e. The lowest BCUT2D eigenvalue weighted by molar-refractivity contribution is 0.102. The van der Waals surface area contributed by atoms with Crippen molar-refractivity contribution >= 4 is 34.9 Å². The topological polar surface area (TPSA) is 183 Å². The number of anilines is 1. The first-order valence-corrected chi connectivity index (χ1v) is 8.55. The number of benzene rings is 2. The summed E-state index contributed by atoms with van der Waals surface area (Å²) >= 11 is 0. The van der Waals surface area contributed by atoms with Crippen LogP contribution in [0.3, 0.4) is 0 Å². The van der Waals surface area contributed by atoms with Crippen molar-refractivity contribution in [2.75, 3.05) is 5.32 Å². The molecule has 0 radical (unpaired) electrons. The summed E-state index contributed by atoms with van der Waals surface area (Å²) in [4.78, 5) is 12.4. The van der Waals surface area contributed by atoms with Gasteiger partial charge in [-0.25, -0.2) is 0 Å². The molecular formula is C19H23N9O. The van der Waals surface area contributed by atoms with Gasteiger partial charge in [0.15, 0.2) is 0 Å². The van der Waals surface area contributed by atoms with E-state index in [9.17, 15) is 4.79 Å². The van der Waals surface area contributed by atoms with E-state index in [1.54, 1.807) is 50.2 Å². The molecule has 0 spiro atoms. The van der Waals surface area contributed by atoms with Gasteiger partial charge in [0, 0.05) is 11.3 Å². The van der Waals surface area contributed by atoms with E-state index in [2.05, 4.69) is 25.7 Å². The third-order valence-electron chi connectivity index (χ3n) is 3.76. The van der Waals surface area contributed by atoms with Crippen molar-refractivity contribution in [2.24, 2.45) is 43.3 Å². The van der Waals surface area contributed by atoms with Crippen molar-refractivity contribution in [3.63, 3.8) is 0 Å². The lowest BCUT2D eigenvalue weighted by Gasteiger charge is -2.07. The van der Waals surface area contributed by atoms with E-state index in [1.165, 1.54) is 0 Å². The normalized spacial score (nSPS) is 11.5. The molecule has 10 heteroatoms. The minimum atomic E-state index is -0.242. The van der Waals surface area contributed by atoms with Gasteiger partial charge in [-0.1, -0.05) is 24.3 Å². The highest BCUT2D eigenvalue weighted by Crippen LogP contribution is 2.13. The molecule has 0 atom stereocenters. The van der Waals surface area contributed by atoms with Crippen LogP contribution in [0.5, 0.6) is 0 Å². The summed E-state index contributed by atoms with van der Waals surface area (Å²) in [5.74, 6) is -0.477. The molecule has 0 aliphatic heterocycles. The molecule has 29 heavy (non-hydrogen) atoms. The highest BCUT2D eigenvalue weighted by atomic mass is 16.1. The van der Waals surface area contributed by atoms with Crippen molar-refractivity contribution < 1.29 is 4.79 Å². The molecule has 2 aromatic rings. The molecule has 0 aliphatic rings. The number of hydrogen-bond donors (Lipinski definition) is 5. The molecule has 9 N–H and O–H groups in total. The van der Waals surface area contributed by atoms with Crippen LogP contribution in [0.25, 0.3) is 0 Å². The maximum Gasteiger partial charge on any atom is 0.255 e. The third-order valence-corrected chi connectivity index (χ3v) is 3.76. The van der Waals surface area contributed by atoms with Crippen LogP contribution < -0.4 is 28.3 Å². The lowest BCUT2D eigenvalue weighted by Crippen LogP contribution is -2.22. The molecule has 0 aliphatic carbocycles. The Hall–Kier alpha value is -4.21. The number of hydrogen-bond acceptors (Lipinski definition) is 5. The fourth-order valence-electron chi connectivity index (χ4n) is 2.24. The smallest absolute Gasteiger partial charge is 0.255 e. The predicted octanol–water partition coefficient (Wildman–Crippen LogP) is 0.934. The van der Waals surface area contributed by atoms with E-state index in [1.807, 2.05) is 12.1 Å². The van der Waals surface area contributed by atoms with Gasteiger partial charge < -0.3 is 28.3 Å². The maximum absolute atomic E-state index is 12.4. The summed E-state index contributed by atoms with van der Waals surface area (Å²) in [5, 5.41) is 17.9. The van der Waals surface area contributed by atoms with Crippen molar-refractivity contribution in [1.29, 1.82) is 0 Å². The third kappa shape index (κ3) is 6.47. The van der Waals surface area contributed by atoms with Gasteiger partial charge in [-0.05, 0) is 49.2 Å². The number of nitrogens with zero attached hydrogens (tertiary/aromatic N) is 4. The van der Waals surface area contributed by atoms with Gasteiger partial charge in [0.05, 0.1) is 11.4 Å². The Labute approximate surface area is 168 Å². The summed E-state index contributed by atoms with van der Waals surface area (Å²) in [7, 11) is 0. The van der Waals surface area contributed by atoms with Crippen LogP contribution in [0.4, 0.5) is 5.69 Å². The van der Waals surface area contributed by atoms with Crippen molar-refractivity contribution in [2.45, 2.75) is 13.8 Å². The second-order valence-corrected chi connectivity index (χ2v) is 6.03. The van der Waals surface area contributed by atoms with Gasteiger partial charge in [-0.3, -0.25) is 4.79 Å². The number of nitrogens with two attached hydrogens (primary N) is 4. The van der Waals surface area contributed by atoms with E-state index < -0.39 is 0 Å². The minimum absolute atomic E-state index is 0.114. The van der Waals surface area contributed by atoms with Crippen LogP contribution in [-0.2, 0) is 0 Å². The average molecular weight is 393 g/mol. The van der Waals surface area contributed by atoms with Crippen LogP contribution in [0.2, 0.25) is 0 Å². The zero-order chi connectivity index (χ0) is 21.4. The molecule has 150 valence electrons. The predicted molar refractivity (Wildman–Crippen MR) is 117 cm³/mol. The molecule has 0 saturated carbocycles. The number of carbonyl (C=O) groups is 1. The van der Waals surface area contributed by atoms with E-state index in [0.29, 0.717) is 22.7 Å². The number of guanidine groups is 2. The quantitative estimate of drug-likeness (QED) is 0.277. The van der Waals surface area contributed by atoms with E-state index in [0.717, 1.165) is 11.1 Å².